The minimum Gasteiger partial charge on any atom is -0.367 e. The first-order valence-corrected chi connectivity index (χ1v) is 16.8. The molecule has 47 heavy (non-hydrogen) atoms. The Morgan fingerprint density at radius 3 is 2.77 bits per heavy atom. The van der Waals surface area contributed by atoms with Gasteiger partial charge in [-0.3, -0.25) is 9.69 Å². The molecule has 1 amide bonds. The Labute approximate surface area is 274 Å². The van der Waals surface area contributed by atoms with Crippen molar-refractivity contribution in [2.75, 3.05) is 56.6 Å². The zero-order chi connectivity index (χ0) is 32.9. The van der Waals surface area contributed by atoms with E-state index < -0.39 is 12.6 Å². The number of nitrogens with zero attached hydrogens (tertiary/aromatic N) is 6. The zero-order valence-electron chi connectivity index (χ0n) is 26.4. The van der Waals surface area contributed by atoms with Crippen LogP contribution in [0.5, 0.6) is 0 Å². The van der Waals surface area contributed by atoms with E-state index in [2.05, 4.69) is 50.5 Å². The van der Waals surface area contributed by atoms with Gasteiger partial charge in [-0.05, 0) is 62.1 Å². The summed E-state index contributed by atoms with van der Waals surface area (Å²) in [6.07, 6.45) is -2.59. The monoisotopic (exact) mass is 666 g/mol. The highest BCUT2D eigenvalue weighted by Crippen LogP contribution is 2.44. The molecule has 2 N–H and O–H groups in total. The minimum atomic E-state index is -4.28. The molecular formula is C33H37F3N8O2S. The number of carbonyl (C=O) groups is 1. The Morgan fingerprint density at radius 1 is 1.19 bits per heavy atom. The lowest BCUT2D eigenvalue weighted by atomic mass is 9.86. The highest BCUT2D eigenvalue weighted by molar-refractivity contribution is 7.18. The maximum Gasteiger partial charge on any atom is 0.393 e. The number of alkyl halides is 3. The molecule has 3 aliphatic rings. The minimum absolute atomic E-state index is 0.0725. The van der Waals surface area contributed by atoms with Gasteiger partial charge in [0.25, 0.3) is 0 Å². The summed E-state index contributed by atoms with van der Waals surface area (Å²) >= 11 is 1.08. The standard InChI is InChI=1S/C33H37F3N8O2S/c1-20-21(3-4-27-25(20)11-22(14-37)44(27)8-5-23-15-39-28(45)17-46-23)16-42-9-6-32(18-42)7-10-43(19-32)29-26-12-24(13-33(34,35)36)47-30(26)41-31(38-2)40-29/h3-4,11-12,23H,5-10,13,15-19H2,1-2H3,(H,39,45)(H,38,40,41). The van der Waals surface area contributed by atoms with Crippen LogP contribution in [0, 0.1) is 23.7 Å². The van der Waals surface area contributed by atoms with Gasteiger partial charge >= 0.3 is 6.18 Å². The number of thiophene rings is 1. The number of morpholine rings is 1. The predicted octanol–water partition coefficient (Wildman–Crippen LogP) is 4.98. The second-order valence-corrected chi connectivity index (χ2v) is 14.2. The lowest BCUT2D eigenvalue weighted by molar-refractivity contribution is -0.133. The number of aryl methyl sites for hydroxylation is 2. The summed E-state index contributed by atoms with van der Waals surface area (Å²) < 4.78 is 47.2. The number of fused-ring (bicyclic) bond motifs is 2. The Bertz CT molecular complexity index is 1870. The molecule has 3 fully saturated rings. The second-order valence-electron chi connectivity index (χ2n) is 13.1. The van der Waals surface area contributed by atoms with Crippen molar-refractivity contribution in [1.82, 2.24) is 24.8 Å². The fourth-order valence-electron chi connectivity index (χ4n) is 7.46. The zero-order valence-corrected chi connectivity index (χ0v) is 27.2. The van der Waals surface area contributed by atoms with Gasteiger partial charge in [0.05, 0.1) is 17.9 Å². The van der Waals surface area contributed by atoms with Crippen LogP contribution in [0.1, 0.15) is 41.0 Å². The third kappa shape index (κ3) is 6.36. The van der Waals surface area contributed by atoms with Gasteiger partial charge in [0, 0.05) is 67.5 Å². The van der Waals surface area contributed by atoms with Gasteiger partial charge in [0.2, 0.25) is 11.9 Å². The maximum atomic E-state index is 13.2. The summed E-state index contributed by atoms with van der Waals surface area (Å²) in [5, 5.41) is 17.5. The number of halogens is 3. The van der Waals surface area contributed by atoms with Crippen molar-refractivity contribution in [2.45, 2.75) is 58.0 Å². The molecule has 0 saturated carbocycles. The largest absolute Gasteiger partial charge is 0.393 e. The van der Waals surface area contributed by atoms with Crippen LogP contribution >= 0.6 is 11.3 Å². The van der Waals surface area contributed by atoms with Gasteiger partial charge in [-0.25, -0.2) is 4.98 Å². The number of ether oxygens (including phenoxy) is 1. The van der Waals surface area contributed by atoms with Crippen LogP contribution in [0.3, 0.4) is 0 Å². The van der Waals surface area contributed by atoms with Gasteiger partial charge in [-0.2, -0.15) is 23.4 Å². The molecule has 1 spiro atoms. The highest BCUT2D eigenvalue weighted by atomic mass is 32.1. The summed E-state index contributed by atoms with van der Waals surface area (Å²) in [5.41, 5.74) is 4.12. The SMILES string of the molecule is CNc1nc(N2CCC3(CCN(Cc4ccc5c(cc(C#N)n5CCC5CNC(=O)CO5)c4C)C3)C2)c2cc(CC(F)(F)F)sc2n1. The van der Waals surface area contributed by atoms with Gasteiger partial charge in [0.15, 0.2) is 0 Å². The van der Waals surface area contributed by atoms with E-state index >= 15 is 0 Å². The van der Waals surface area contributed by atoms with Crippen molar-refractivity contribution in [1.29, 1.82) is 5.26 Å². The van der Waals surface area contributed by atoms with Crippen LogP contribution in [0.15, 0.2) is 24.3 Å². The van der Waals surface area contributed by atoms with Crippen LogP contribution in [0.25, 0.3) is 21.1 Å². The normalized spacial score (nSPS) is 22.1. The topological polar surface area (TPSA) is 111 Å². The number of nitrogens with one attached hydrogen (secondary N) is 2. The molecule has 3 aromatic heterocycles. The first-order valence-electron chi connectivity index (χ1n) is 16.0. The van der Waals surface area contributed by atoms with Crippen molar-refractivity contribution in [3.8, 4) is 6.07 Å². The van der Waals surface area contributed by atoms with Crippen molar-refractivity contribution in [3.63, 3.8) is 0 Å². The molecular weight excluding hydrogens is 629 g/mol. The Hall–Kier alpha value is -3.93. The third-order valence-electron chi connectivity index (χ3n) is 9.90. The van der Waals surface area contributed by atoms with Crippen LogP contribution < -0.4 is 15.5 Å². The fraction of sp³-hybridized carbons (Fsp3) is 0.515. The number of likely N-dealkylation sites (tertiary alicyclic amines) is 1. The number of rotatable bonds is 8. The van der Waals surface area contributed by atoms with Gasteiger partial charge in [-0.15, -0.1) is 11.3 Å². The Morgan fingerprint density at radius 2 is 2.02 bits per heavy atom. The molecule has 3 saturated heterocycles. The van der Waals surface area contributed by atoms with Crippen LogP contribution in [0.4, 0.5) is 24.9 Å². The summed E-state index contributed by atoms with van der Waals surface area (Å²) in [5.74, 6) is 1.02. The van der Waals surface area contributed by atoms with E-state index in [1.165, 1.54) is 11.1 Å². The number of aromatic nitrogens is 3. The number of benzene rings is 1. The summed E-state index contributed by atoms with van der Waals surface area (Å²) in [4.78, 5) is 26.1. The second kappa shape index (κ2) is 12.3. The number of nitriles is 1. The molecule has 248 valence electrons. The first kappa shape index (κ1) is 31.7. The molecule has 2 atom stereocenters. The van der Waals surface area contributed by atoms with Crippen LogP contribution in [-0.2, 0) is 29.0 Å². The lowest BCUT2D eigenvalue weighted by Gasteiger charge is -2.26. The molecule has 6 heterocycles. The highest BCUT2D eigenvalue weighted by Gasteiger charge is 2.44. The molecule has 7 rings (SSSR count). The number of anilines is 2. The molecule has 0 radical (unpaired) electrons. The van der Waals surface area contributed by atoms with Crippen molar-refractivity contribution < 1.29 is 22.7 Å². The maximum absolute atomic E-state index is 13.2. The van der Waals surface area contributed by atoms with E-state index in [1.807, 2.05) is 10.6 Å². The van der Waals surface area contributed by atoms with E-state index in [1.54, 1.807) is 13.1 Å². The Kier molecular flexibility index (Phi) is 8.26. The molecule has 4 aromatic rings. The van der Waals surface area contributed by atoms with Crippen molar-refractivity contribution in [2.24, 2.45) is 5.41 Å². The summed E-state index contributed by atoms with van der Waals surface area (Å²) in [7, 11) is 1.72. The van der Waals surface area contributed by atoms with Crippen molar-refractivity contribution >= 4 is 50.1 Å². The van der Waals surface area contributed by atoms with Gasteiger partial charge < -0.3 is 24.8 Å². The van der Waals surface area contributed by atoms with Gasteiger partial charge in [0.1, 0.15) is 29.0 Å². The third-order valence-corrected chi connectivity index (χ3v) is 10.9. The fourth-order valence-corrected chi connectivity index (χ4v) is 8.52. The summed E-state index contributed by atoms with van der Waals surface area (Å²) in [6, 6.07) is 10.2. The molecule has 0 bridgehead atoms. The van der Waals surface area contributed by atoms with E-state index in [4.69, 9.17) is 9.72 Å². The van der Waals surface area contributed by atoms with Gasteiger partial charge in [-0.1, -0.05) is 6.07 Å². The van der Waals surface area contributed by atoms with Crippen LogP contribution in [-0.4, -0.2) is 84.0 Å². The molecule has 14 heteroatoms. The number of hydrogen-bond acceptors (Lipinski definition) is 9. The first-order chi connectivity index (χ1) is 22.5. The number of hydrogen-bond donors (Lipinski definition) is 2. The van der Waals surface area contributed by atoms with E-state index in [-0.39, 0.29) is 28.9 Å². The average molecular weight is 667 g/mol. The van der Waals surface area contributed by atoms with E-state index in [0.717, 1.165) is 67.8 Å². The molecule has 0 aliphatic carbocycles. The molecule has 10 nitrogen and oxygen atoms in total. The lowest BCUT2D eigenvalue weighted by Crippen LogP contribution is -2.43. The summed E-state index contributed by atoms with van der Waals surface area (Å²) in [6.45, 7) is 7.59. The number of amides is 1. The van der Waals surface area contributed by atoms with Crippen LogP contribution in [0.2, 0.25) is 0 Å². The van der Waals surface area contributed by atoms with E-state index in [9.17, 15) is 23.2 Å². The molecule has 3 aliphatic heterocycles. The number of carbonyl (C=O) groups excluding carboxylic acids is 1. The molecule has 1 aromatic carbocycles. The molecule has 2 unspecified atom stereocenters. The van der Waals surface area contributed by atoms with Crippen molar-refractivity contribution in [3.05, 3.63) is 46.0 Å². The average Bonchev–Trinajstić information content (AvgIpc) is 3.82. The smallest absolute Gasteiger partial charge is 0.367 e. The van der Waals surface area contributed by atoms with E-state index in [0.29, 0.717) is 47.2 Å². The quantitative estimate of drug-likeness (QED) is 0.271. The Balaban J connectivity index is 1.05. The predicted molar refractivity (Wildman–Crippen MR) is 175 cm³/mol.